The van der Waals surface area contributed by atoms with Gasteiger partial charge in [0, 0.05) is 12.0 Å². The highest BCUT2D eigenvalue weighted by Gasteiger charge is 2.13. The first kappa shape index (κ1) is 14.4. The first-order chi connectivity index (χ1) is 9.47. The lowest BCUT2D eigenvalue weighted by Gasteiger charge is -2.05. The van der Waals surface area contributed by atoms with E-state index in [1.807, 2.05) is 13.8 Å². The number of ether oxygens (including phenoxy) is 1. The van der Waals surface area contributed by atoms with E-state index in [1.54, 1.807) is 6.07 Å². The molecule has 0 atom stereocenters. The van der Waals surface area contributed by atoms with Crippen molar-refractivity contribution in [3.63, 3.8) is 0 Å². The van der Waals surface area contributed by atoms with Gasteiger partial charge in [-0.05, 0) is 22.0 Å². The normalized spacial score (nSPS) is 10.8. The highest BCUT2D eigenvalue weighted by atomic mass is 79.9. The maximum absolute atomic E-state index is 10.7. The van der Waals surface area contributed by atoms with Gasteiger partial charge in [-0.15, -0.1) is 0 Å². The lowest BCUT2D eigenvalue weighted by atomic mass is 10.2. The van der Waals surface area contributed by atoms with E-state index in [-0.39, 0.29) is 18.2 Å². The number of halogens is 1. The summed E-state index contributed by atoms with van der Waals surface area (Å²) in [4.78, 5) is 14.4. The van der Waals surface area contributed by atoms with Gasteiger partial charge in [-0.2, -0.15) is 4.98 Å². The Balaban J connectivity index is 2.09. The Hall–Kier alpha value is -1.96. The maximum Gasteiger partial charge on any atom is 0.273 e. The van der Waals surface area contributed by atoms with E-state index in [0.29, 0.717) is 21.9 Å². The average molecular weight is 342 g/mol. The van der Waals surface area contributed by atoms with Gasteiger partial charge in [0.15, 0.2) is 6.61 Å². The van der Waals surface area contributed by atoms with Gasteiger partial charge in [0.05, 0.1) is 15.5 Å². The third kappa shape index (κ3) is 3.32. The molecule has 2 rings (SSSR count). The fourth-order valence-corrected chi connectivity index (χ4v) is 1.78. The third-order valence-electron chi connectivity index (χ3n) is 2.46. The molecule has 0 radical (unpaired) electrons. The fraction of sp³-hybridized carbons (Fsp3) is 0.333. The molecule has 0 aliphatic heterocycles. The third-order valence-corrected chi connectivity index (χ3v) is 3.12. The molecule has 8 heteroatoms. The predicted octanol–water partition coefficient (Wildman–Crippen LogP) is 3.44. The number of nitro groups is 1. The van der Waals surface area contributed by atoms with Crippen molar-refractivity contribution in [2.75, 3.05) is 0 Å². The molecular formula is C12H12BrN3O4. The molecule has 0 fully saturated rings. The lowest BCUT2D eigenvalue weighted by Crippen LogP contribution is -1.99. The van der Waals surface area contributed by atoms with E-state index < -0.39 is 4.92 Å². The van der Waals surface area contributed by atoms with Crippen LogP contribution in [-0.4, -0.2) is 15.1 Å². The molecule has 1 heterocycles. The van der Waals surface area contributed by atoms with Crippen LogP contribution in [-0.2, 0) is 6.61 Å². The van der Waals surface area contributed by atoms with Crippen molar-refractivity contribution in [3.05, 3.63) is 44.5 Å². The molecule has 0 N–H and O–H groups in total. The number of rotatable bonds is 5. The van der Waals surface area contributed by atoms with Crippen molar-refractivity contribution >= 4 is 21.6 Å². The SMILES string of the molecule is CC(C)c1nc(COc2cc([N+](=O)[O-])ccc2Br)no1. The lowest BCUT2D eigenvalue weighted by molar-refractivity contribution is -0.385. The monoisotopic (exact) mass is 341 g/mol. The summed E-state index contributed by atoms with van der Waals surface area (Å²) in [6.07, 6.45) is 0. The highest BCUT2D eigenvalue weighted by Crippen LogP contribution is 2.29. The summed E-state index contributed by atoms with van der Waals surface area (Å²) in [6, 6.07) is 4.29. The van der Waals surface area contributed by atoms with Crippen molar-refractivity contribution in [1.82, 2.24) is 10.1 Å². The minimum absolute atomic E-state index is 0.0424. The van der Waals surface area contributed by atoms with Crippen LogP contribution in [0.25, 0.3) is 0 Å². The molecule has 0 amide bonds. The van der Waals surface area contributed by atoms with E-state index in [0.717, 1.165) is 0 Å². The van der Waals surface area contributed by atoms with Crippen molar-refractivity contribution in [2.45, 2.75) is 26.4 Å². The Bertz CT molecular complexity index is 627. The first-order valence-corrected chi connectivity index (χ1v) is 6.66. The molecule has 0 bridgehead atoms. The smallest absolute Gasteiger partial charge is 0.273 e. The van der Waals surface area contributed by atoms with E-state index in [1.165, 1.54) is 12.1 Å². The minimum atomic E-state index is -0.482. The van der Waals surface area contributed by atoms with Crippen molar-refractivity contribution < 1.29 is 14.2 Å². The zero-order chi connectivity index (χ0) is 14.7. The van der Waals surface area contributed by atoms with Gasteiger partial charge in [-0.25, -0.2) is 0 Å². The number of hydrogen-bond donors (Lipinski definition) is 0. The molecule has 0 aliphatic rings. The molecule has 0 saturated heterocycles. The predicted molar refractivity (Wildman–Crippen MR) is 73.5 cm³/mol. The molecule has 0 unspecified atom stereocenters. The first-order valence-electron chi connectivity index (χ1n) is 5.86. The summed E-state index contributed by atoms with van der Waals surface area (Å²) in [7, 11) is 0. The Morgan fingerprint density at radius 3 is 2.85 bits per heavy atom. The molecule has 0 spiro atoms. The van der Waals surface area contributed by atoms with E-state index in [2.05, 4.69) is 26.1 Å². The molecule has 1 aromatic carbocycles. The van der Waals surface area contributed by atoms with Gasteiger partial charge in [0.25, 0.3) is 5.69 Å². The second-order valence-electron chi connectivity index (χ2n) is 4.36. The summed E-state index contributed by atoms with van der Waals surface area (Å²) in [5.74, 6) is 1.42. The minimum Gasteiger partial charge on any atom is -0.484 e. The van der Waals surface area contributed by atoms with Gasteiger partial charge in [0.2, 0.25) is 11.7 Å². The van der Waals surface area contributed by atoms with Gasteiger partial charge in [-0.1, -0.05) is 19.0 Å². The van der Waals surface area contributed by atoms with Crippen LogP contribution >= 0.6 is 15.9 Å². The largest absolute Gasteiger partial charge is 0.484 e. The van der Waals surface area contributed by atoms with E-state index in [9.17, 15) is 10.1 Å². The zero-order valence-electron chi connectivity index (χ0n) is 10.9. The number of aromatic nitrogens is 2. The van der Waals surface area contributed by atoms with Crippen molar-refractivity contribution in [2.24, 2.45) is 0 Å². The summed E-state index contributed by atoms with van der Waals surface area (Å²) < 4.78 is 11.1. The van der Waals surface area contributed by atoms with Gasteiger partial charge >= 0.3 is 0 Å². The van der Waals surface area contributed by atoms with E-state index in [4.69, 9.17) is 9.26 Å². The number of hydrogen-bond acceptors (Lipinski definition) is 6. The van der Waals surface area contributed by atoms with Crippen LogP contribution < -0.4 is 4.74 Å². The van der Waals surface area contributed by atoms with Crippen LogP contribution in [0.2, 0.25) is 0 Å². The Kier molecular flexibility index (Phi) is 4.33. The Morgan fingerprint density at radius 2 is 2.25 bits per heavy atom. The van der Waals surface area contributed by atoms with Gasteiger partial charge in [-0.3, -0.25) is 10.1 Å². The fourth-order valence-electron chi connectivity index (χ4n) is 1.42. The van der Waals surface area contributed by atoms with Crippen molar-refractivity contribution in [1.29, 1.82) is 0 Å². The van der Waals surface area contributed by atoms with Crippen molar-refractivity contribution in [3.8, 4) is 5.75 Å². The van der Waals surface area contributed by atoms with Gasteiger partial charge < -0.3 is 9.26 Å². The van der Waals surface area contributed by atoms with Crippen LogP contribution in [0.1, 0.15) is 31.5 Å². The summed E-state index contributed by atoms with van der Waals surface area (Å²) in [5.41, 5.74) is -0.0424. The Labute approximate surface area is 123 Å². The molecule has 0 aliphatic carbocycles. The number of benzene rings is 1. The summed E-state index contributed by atoms with van der Waals surface area (Å²) >= 11 is 3.27. The molecule has 0 saturated carbocycles. The molecule has 2 aromatic rings. The number of nitro benzene ring substituents is 1. The molecule has 20 heavy (non-hydrogen) atoms. The van der Waals surface area contributed by atoms with E-state index >= 15 is 0 Å². The molecule has 1 aromatic heterocycles. The second kappa shape index (κ2) is 6.00. The van der Waals surface area contributed by atoms with Crippen LogP contribution in [0.3, 0.4) is 0 Å². The second-order valence-corrected chi connectivity index (χ2v) is 5.22. The highest BCUT2D eigenvalue weighted by molar-refractivity contribution is 9.10. The zero-order valence-corrected chi connectivity index (χ0v) is 12.5. The van der Waals surface area contributed by atoms with Crippen LogP contribution in [0.5, 0.6) is 5.75 Å². The van der Waals surface area contributed by atoms with Crippen LogP contribution in [0.4, 0.5) is 5.69 Å². The topological polar surface area (TPSA) is 91.3 Å². The standard InChI is InChI=1S/C12H12BrN3O4/c1-7(2)12-14-11(15-20-12)6-19-10-5-8(16(17)18)3-4-9(10)13/h3-5,7H,6H2,1-2H3. The summed E-state index contributed by atoms with van der Waals surface area (Å²) in [5, 5.41) is 14.5. The van der Waals surface area contributed by atoms with Crippen LogP contribution in [0.15, 0.2) is 27.2 Å². The number of non-ortho nitro benzene ring substituents is 1. The summed E-state index contributed by atoms with van der Waals surface area (Å²) in [6.45, 7) is 3.96. The molecular weight excluding hydrogens is 330 g/mol. The van der Waals surface area contributed by atoms with Crippen LogP contribution in [0, 0.1) is 10.1 Å². The maximum atomic E-state index is 10.7. The van der Waals surface area contributed by atoms with Gasteiger partial charge in [0.1, 0.15) is 5.75 Å². The molecule has 106 valence electrons. The number of nitrogens with zero attached hydrogens (tertiary/aromatic N) is 3. The molecule has 7 nitrogen and oxygen atoms in total. The average Bonchev–Trinajstić information content (AvgIpc) is 2.86. The quantitative estimate of drug-likeness (QED) is 0.611. The Morgan fingerprint density at radius 1 is 1.50 bits per heavy atom.